The lowest BCUT2D eigenvalue weighted by Crippen LogP contribution is -2.43. The highest BCUT2D eigenvalue weighted by Gasteiger charge is 2.20. The molecule has 1 unspecified atom stereocenters. The van der Waals surface area contributed by atoms with Gasteiger partial charge in [-0.25, -0.2) is 0 Å². The van der Waals surface area contributed by atoms with E-state index in [9.17, 15) is 0 Å². The fourth-order valence-electron chi connectivity index (χ4n) is 0.640. The number of hydroxylamine groups is 1. The fourth-order valence-corrected chi connectivity index (χ4v) is 0.640. The quantitative estimate of drug-likeness (QED) is 0.397. The van der Waals surface area contributed by atoms with Gasteiger partial charge in [0.1, 0.15) is 0 Å². The molecule has 0 heterocycles. The Balaban J connectivity index is 3.58. The molecule has 62 valence electrons. The fraction of sp³-hybridized carbons (Fsp3) is 1.00. The van der Waals surface area contributed by atoms with Gasteiger partial charge in [-0.1, -0.05) is 0 Å². The molecule has 0 radical (unpaired) electrons. The van der Waals surface area contributed by atoms with Gasteiger partial charge in [-0.05, 0) is 19.8 Å². The van der Waals surface area contributed by atoms with Crippen LogP contribution in [0.2, 0.25) is 0 Å². The van der Waals surface area contributed by atoms with Crippen molar-refractivity contribution in [1.29, 1.82) is 0 Å². The third-order valence-electron chi connectivity index (χ3n) is 1.51. The summed E-state index contributed by atoms with van der Waals surface area (Å²) < 4.78 is 0. The molecule has 0 fully saturated rings. The first-order chi connectivity index (χ1) is 4.68. The monoisotopic (exact) mass is 149 g/mol. The Morgan fingerprint density at radius 3 is 2.30 bits per heavy atom. The molecule has 0 bridgehead atoms. The van der Waals surface area contributed by atoms with E-state index in [1.807, 2.05) is 5.48 Å². The lowest BCUT2D eigenvalue weighted by Gasteiger charge is -2.24. The first-order valence-electron chi connectivity index (χ1n) is 3.31. The number of hydrogen-bond donors (Lipinski definition) is 4. The van der Waals surface area contributed by atoms with Crippen molar-refractivity contribution in [3.63, 3.8) is 0 Å². The molecule has 0 aromatic carbocycles. The summed E-state index contributed by atoms with van der Waals surface area (Å²) >= 11 is 0. The zero-order valence-corrected chi connectivity index (χ0v) is 6.17. The molecule has 4 N–H and O–H groups in total. The topological polar surface area (TPSA) is 72.7 Å². The van der Waals surface area contributed by atoms with Crippen LogP contribution < -0.4 is 5.48 Å². The summed E-state index contributed by atoms with van der Waals surface area (Å²) in [7, 11) is 0. The molecule has 0 aliphatic carbocycles. The van der Waals surface area contributed by atoms with Crippen molar-refractivity contribution in [2.24, 2.45) is 0 Å². The molecule has 0 aromatic heterocycles. The van der Waals surface area contributed by atoms with E-state index in [0.29, 0.717) is 12.8 Å². The largest absolute Gasteiger partial charge is 0.396 e. The van der Waals surface area contributed by atoms with Gasteiger partial charge >= 0.3 is 0 Å². The highest BCUT2D eigenvalue weighted by atomic mass is 16.5. The normalized spacial score (nSPS) is 16.8. The number of aliphatic hydroxyl groups is 2. The van der Waals surface area contributed by atoms with Gasteiger partial charge in [0.15, 0.2) is 0 Å². The maximum atomic E-state index is 8.71. The van der Waals surface area contributed by atoms with Gasteiger partial charge in [0.25, 0.3) is 0 Å². The smallest absolute Gasteiger partial charge is 0.0633 e. The van der Waals surface area contributed by atoms with Crippen LogP contribution in [0.15, 0.2) is 0 Å². The van der Waals surface area contributed by atoms with Crippen molar-refractivity contribution in [2.45, 2.75) is 25.3 Å². The predicted octanol–water partition coefficient (Wildman–Crippen LogP) is -0.511. The molecule has 10 heavy (non-hydrogen) atoms. The zero-order chi connectivity index (χ0) is 8.04. The van der Waals surface area contributed by atoms with Gasteiger partial charge in [0.05, 0.1) is 12.1 Å². The van der Waals surface area contributed by atoms with Crippen molar-refractivity contribution in [3.05, 3.63) is 0 Å². The van der Waals surface area contributed by atoms with Crippen LogP contribution in [0.3, 0.4) is 0 Å². The Labute approximate surface area is 60.5 Å². The van der Waals surface area contributed by atoms with Crippen LogP contribution in [0.5, 0.6) is 0 Å². The highest BCUT2D eigenvalue weighted by molar-refractivity contribution is 4.77. The molecule has 0 aromatic rings. The van der Waals surface area contributed by atoms with Crippen molar-refractivity contribution in [2.75, 3.05) is 13.2 Å². The van der Waals surface area contributed by atoms with Crippen LogP contribution in [0.25, 0.3) is 0 Å². The Bertz CT molecular complexity index is 83.1. The van der Waals surface area contributed by atoms with Gasteiger partial charge in [-0.15, -0.1) is 0 Å². The van der Waals surface area contributed by atoms with Crippen molar-refractivity contribution >= 4 is 0 Å². The lowest BCUT2D eigenvalue weighted by molar-refractivity contribution is 0.0240. The van der Waals surface area contributed by atoms with E-state index in [4.69, 9.17) is 15.4 Å². The van der Waals surface area contributed by atoms with Gasteiger partial charge in [0, 0.05) is 6.61 Å². The predicted molar refractivity (Wildman–Crippen MR) is 36.7 cm³/mol. The Morgan fingerprint density at radius 2 is 2.00 bits per heavy atom. The van der Waals surface area contributed by atoms with Crippen LogP contribution in [0.1, 0.15) is 19.8 Å². The second-order valence-corrected chi connectivity index (χ2v) is 2.66. The molecule has 0 amide bonds. The maximum Gasteiger partial charge on any atom is 0.0633 e. The molecule has 0 saturated carbocycles. The van der Waals surface area contributed by atoms with Crippen LogP contribution in [0.4, 0.5) is 0 Å². The lowest BCUT2D eigenvalue weighted by atomic mass is 9.98. The molecule has 1 atom stereocenters. The minimum Gasteiger partial charge on any atom is -0.396 e. The summed E-state index contributed by atoms with van der Waals surface area (Å²) in [6.07, 6.45) is 1.13. The van der Waals surface area contributed by atoms with E-state index in [1.165, 1.54) is 0 Å². The van der Waals surface area contributed by atoms with E-state index in [2.05, 4.69) is 0 Å². The summed E-state index contributed by atoms with van der Waals surface area (Å²) in [5, 5.41) is 25.7. The highest BCUT2D eigenvalue weighted by Crippen LogP contribution is 2.09. The van der Waals surface area contributed by atoms with E-state index < -0.39 is 5.54 Å². The van der Waals surface area contributed by atoms with Crippen molar-refractivity contribution < 1.29 is 15.4 Å². The van der Waals surface area contributed by atoms with Gasteiger partial charge < -0.3 is 15.4 Å². The van der Waals surface area contributed by atoms with E-state index in [1.54, 1.807) is 6.92 Å². The Kier molecular flexibility index (Phi) is 4.55. The summed E-state index contributed by atoms with van der Waals surface area (Å²) in [5.74, 6) is 0. The van der Waals surface area contributed by atoms with Crippen molar-refractivity contribution in [3.8, 4) is 0 Å². The minimum atomic E-state index is -0.664. The van der Waals surface area contributed by atoms with Crippen LogP contribution in [-0.2, 0) is 0 Å². The van der Waals surface area contributed by atoms with Crippen molar-refractivity contribution in [1.82, 2.24) is 5.48 Å². The molecule has 0 rings (SSSR count). The van der Waals surface area contributed by atoms with Gasteiger partial charge in [-0.2, -0.15) is 5.48 Å². The average molecular weight is 149 g/mol. The second kappa shape index (κ2) is 4.62. The molecular formula is C6H15NO3. The third-order valence-corrected chi connectivity index (χ3v) is 1.51. The van der Waals surface area contributed by atoms with Gasteiger partial charge in [-0.3, -0.25) is 0 Å². The molecule has 0 aliphatic heterocycles. The first-order valence-corrected chi connectivity index (χ1v) is 3.31. The summed E-state index contributed by atoms with van der Waals surface area (Å²) in [5.41, 5.74) is 1.34. The number of hydrogen-bond acceptors (Lipinski definition) is 4. The van der Waals surface area contributed by atoms with E-state index in [0.717, 1.165) is 0 Å². The van der Waals surface area contributed by atoms with Crippen LogP contribution in [0, 0.1) is 0 Å². The average Bonchev–Trinajstić information content (AvgIpc) is 2.00. The zero-order valence-electron chi connectivity index (χ0n) is 6.17. The Hall–Kier alpha value is -0.160. The number of aliphatic hydroxyl groups excluding tert-OH is 2. The Morgan fingerprint density at radius 1 is 1.40 bits per heavy atom. The van der Waals surface area contributed by atoms with E-state index >= 15 is 0 Å². The molecule has 4 nitrogen and oxygen atoms in total. The van der Waals surface area contributed by atoms with Gasteiger partial charge in [0.2, 0.25) is 0 Å². The van der Waals surface area contributed by atoms with Crippen LogP contribution in [-0.4, -0.2) is 34.2 Å². The standard InChI is InChI=1S/C6H15NO3/c1-6(5-9,7-10)3-2-4-8/h7-10H,2-5H2,1H3. The molecular weight excluding hydrogens is 134 g/mol. The molecule has 0 aliphatic rings. The first kappa shape index (κ1) is 9.84. The summed E-state index contributed by atoms with van der Waals surface area (Å²) in [4.78, 5) is 0. The minimum absolute atomic E-state index is 0.0806. The maximum absolute atomic E-state index is 8.71. The number of nitrogens with one attached hydrogen (secondary N) is 1. The third kappa shape index (κ3) is 3.12. The van der Waals surface area contributed by atoms with E-state index in [-0.39, 0.29) is 13.2 Å². The summed E-state index contributed by atoms with van der Waals surface area (Å²) in [6.45, 7) is 1.63. The van der Waals surface area contributed by atoms with Crippen LogP contribution >= 0.6 is 0 Å². The summed E-state index contributed by atoms with van der Waals surface area (Å²) in [6, 6.07) is 0. The molecule has 0 saturated heterocycles. The molecule has 4 heteroatoms. The number of rotatable bonds is 5. The SMILES string of the molecule is CC(CO)(CCCO)NO. The molecule has 0 spiro atoms. The second-order valence-electron chi connectivity index (χ2n) is 2.66.